The van der Waals surface area contributed by atoms with E-state index in [-0.39, 0.29) is 18.0 Å². The third-order valence-corrected chi connectivity index (χ3v) is 3.97. The Morgan fingerprint density at radius 3 is 2.76 bits per heavy atom. The van der Waals surface area contributed by atoms with Crippen LogP contribution in [-0.2, 0) is 21.3 Å². The first-order valence-corrected chi connectivity index (χ1v) is 6.84. The maximum Gasteiger partial charge on any atom is 0.240 e. The highest BCUT2D eigenvalue weighted by Gasteiger charge is 2.14. The average molecular weight is 279 g/mol. The average Bonchev–Trinajstić information content (AvgIpc) is 2.29. The van der Waals surface area contributed by atoms with Gasteiger partial charge in [0.1, 0.15) is 0 Å². The number of benzene rings is 1. The third kappa shape index (κ3) is 3.93. The zero-order valence-electron chi connectivity index (χ0n) is 9.44. The Bertz CT molecular complexity index is 476. The zero-order valence-corrected chi connectivity index (χ0v) is 11.0. The van der Waals surface area contributed by atoms with Gasteiger partial charge in [-0.2, -0.15) is 0 Å². The Kier molecular flexibility index (Phi) is 5.35. The van der Waals surface area contributed by atoms with Crippen LogP contribution in [0.3, 0.4) is 0 Å². The predicted molar refractivity (Wildman–Crippen MR) is 66.4 cm³/mol. The van der Waals surface area contributed by atoms with E-state index in [4.69, 9.17) is 22.1 Å². The van der Waals surface area contributed by atoms with E-state index in [1.807, 2.05) is 0 Å². The van der Waals surface area contributed by atoms with Crippen molar-refractivity contribution >= 4 is 21.6 Å². The van der Waals surface area contributed by atoms with E-state index in [0.29, 0.717) is 17.2 Å². The second-order valence-corrected chi connectivity index (χ2v) is 5.52. The van der Waals surface area contributed by atoms with E-state index < -0.39 is 10.0 Å². The lowest BCUT2D eigenvalue weighted by molar-refractivity contribution is 0.204. The molecule has 3 N–H and O–H groups in total. The number of sulfonamides is 1. The molecule has 1 aromatic carbocycles. The number of ether oxygens (including phenoxy) is 1. The highest BCUT2D eigenvalue weighted by atomic mass is 35.5. The van der Waals surface area contributed by atoms with Crippen LogP contribution in [0, 0.1) is 0 Å². The normalized spacial score (nSPS) is 11.7. The second kappa shape index (κ2) is 6.32. The predicted octanol–water partition coefficient (Wildman–Crippen LogP) is 0.723. The van der Waals surface area contributed by atoms with Crippen LogP contribution in [0.4, 0.5) is 0 Å². The van der Waals surface area contributed by atoms with Crippen molar-refractivity contribution in [1.82, 2.24) is 4.72 Å². The van der Waals surface area contributed by atoms with Crippen molar-refractivity contribution < 1.29 is 13.2 Å². The molecule has 0 aliphatic rings. The maximum absolute atomic E-state index is 11.8. The summed E-state index contributed by atoms with van der Waals surface area (Å²) >= 11 is 5.86. The molecule has 0 fully saturated rings. The molecule has 0 bridgehead atoms. The van der Waals surface area contributed by atoms with Gasteiger partial charge in [-0.15, -0.1) is 0 Å². The van der Waals surface area contributed by atoms with Crippen LogP contribution in [0.5, 0.6) is 0 Å². The van der Waals surface area contributed by atoms with Crippen LogP contribution in [-0.4, -0.2) is 28.7 Å². The standard InChI is InChI=1S/C10H15ClN2O3S/c1-16-5-4-13-17(14,15)9-2-3-10(11)8(6-9)7-12/h2-3,6,13H,4-5,7,12H2,1H3. The van der Waals surface area contributed by atoms with E-state index in [9.17, 15) is 8.42 Å². The molecule has 0 saturated heterocycles. The molecule has 0 unspecified atom stereocenters. The summed E-state index contributed by atoms with van der Waals surface area (Å²) in [5, 5.41) is 0.461. The number of halogens is 1. The van der Waals surface area contributed by atoms with Crippen LogP contribution < -0.4 is 10.5 Å². The molecule has 0 amide bonds. The zero-order chi connectivity index (χ0) is 12.9. The van der Waals surface area contributed by atoms with E-state index in [1.54, 1.807) is 0 Å². The molecular weight excluding hydrogens is 264 g/mol. The van der Waals surface area contributed by atoms with Crippen molar-refractivity contribution in [2.24, 2.45) is 5.73 Å². The van der Waals surface area contributed by atoms with Crippen LogP contribution >= 0.6 is 11.6 Å². The molecule has 0 aliphatic heterocycles. The maximum atomic E-state index is 11.8. The van der Waals surface area contributed by atoms with Crippen molar-refractivity contribution in [2.45, 2.75) is 11.4 Å². The summed E-state index contributed by atoms with van der Waals surface area (Å²) in [4.78, 5) is 0.151. The van der Waals surface area contributed by atoms with Gasteiger partial charge in [0, 0.05) is 25.2 Å². The molecule has 0 saturated carbocycles. The Labute approximate surface area is 106 Å². The van der Waals surface area contributed by atoms with E-state index >= 15 is 0 Å². The summed E-state index contributed by atoms with van der Waals surface area (Å²) in [6.07, 6.45) is 0. The van der Waals surface area contributed by atoms with Crippen LogP contribution in [0.15, 0.2) is 23.1 Å². The van der Waals surface area contributed by atoms with Crippen molar-refractivity contribution in [3.63, 3.8) is 0 Å². The van der Waals surface area contributed by atoms with Gasteiger partial charge in [-0.3, -0.25) is 0 Å². The van der Waals surface area contributed by atoms with Gasteiger partial charge >= 0.3 is 0 Å². The third-order valence-electron chi connectivity index (χ3n) is 2.15. The van der Waals surface area contributed by atoms with Gasteiger partial charge in [-0.25, -0.2) is 13.1 Å². The van der Waals surface area contributed by atoms with E-state index in [0.717, 1.165) is 0 Å². The number of hydrogen-bond donors (Lipinski definition) is 2. The molecule has 96 valence electrons. The Morgan fingerprint density at radius 2 is 2.18 bits per heavy atom. The SMILES string of the molecule is COCCNS(=O)(=O)c1ccc(Cl)c(CN)c1. The van der Waals surface area contributed by atoms with Gasteiger partial charge in [0.05, 0.1) is 11.5 Å². The van der Waals surface area contributed by atoms with Gasteiger partial charge in [0.25, 0.3) is 0 Å². The monoisotopic (exact) mass is 278 g/mol. The fraction of sp³-hybridized carbons (Fsp3) is 0.400. The van der Waals surface area contributed by atoms with Crippen molar-refractivity contribution in [3.8, 4) is 0 Å². The second-order valence-electron chi connectivity index (χ2n) is 3.35. The van der Waals surface area contributed by atoms with Gasteiger partial charge in [0.2, 0.25) is 10.0 Å². The molecule has 7 heteroatoms. The van der Waals surface area contributed by atoms with Crippen LogP contribution in [0.2, 0.25) is 5.02 Å². The highest BCUT2D eigenvalue weighted by molar-refractivity contribution is 7.89. The fourth-order valence-electron chi connectivity index (χ4n) is 1.24. The minimum absolute atomic E-state index is 0.151. The molecule has 1 rings (SSSR count). The summed E-state index contributed by atoms with van der Waals surface area (Å²) in [7, 11) is -2.02. The van der Waals surface area contributed by atoms with Gasteiger partial charge < -0.3 is 10.5 Å². The lowest BCUT2D eigenvalue weighted by Crippen LogP contribution is -2.27. The Hall–Kier alpha value is -0.660. The van der Waals surface area contributed by atoms with Crippen molar-refractivity contribution in [3.05, 3.63) is 28.8 Å². The molecule has 0 aromatic heterocycles. The van der Waals surface area contributed by atoms with E-state index in [1.165, 1.54) is 25.3 Å². The molecule has 1 aromatic rings. The highest BCUT2D eigenvalue weighted by Crippen LogP contribution is 2.19. The number of nitrogens with one attached hydrogen (secondary N) is 1. The minimum Gasteiger partial charge on any atom is -0.383 e. The Balaban J connectivity index is 2.91. The van der Waals surface area contributed by atoms with Gasteiger partial charge in [-0.05, 0) is 23.8 Å². The smallest absolute Gasteiger partial charge is 0.240 e. The number of hydrogen-bond acceptors (Lipinski definition) is 4. The lowest BCUT2D eigenvalue weighted by Gasteiger charge is -2.08. The molecule has 0 aliphatic carbocycles. The summed E-state index contributed by atoms with van der Waals surface area (Å²) < 4.78 is 30.9. The summed E-state index contributed by atoms with van der Waals surface area (Å²) in [6.45, 7) is 0.732. The quantitative estimate of drug-likeness (QED) is 0.752. The summed E-state index contributed by atoms with van der Waals surface area (Å²) in [6, 6.07) is 4.43. The van der Waals surface area contributed by atoms with Crippen molar-refractivity contribution in [1.29, 1.82) is 0 Å². The van der Waals surface area contributed by atoms with Gasteiger partial charge in [0.15, 0.2) is 0 Å². The Morgan fingerprint density at radius 1 is 1.47 bits per heavy atom. The molecular formula is C10H15ClN2O3S. The molecule has 0 spiro atoms. The van der Waals surface area contributed by atoms with Crippen molar-refractivity contribution in [2.75, 3.05) is 20.3 Å². The topological polar surface area (TPSA) is 81.4 Å². The molecule has 5 nitrogen and oxygen atoms in total. The first-order valence-electron chi connectivity index (χ1n) is 4.98. The minimum atomic E-state index is -3.53. The number of methoxy groups -OCH3 is 1. The van der Waals surface area contributed by atoms with Crippen LogP contribution in [0.25, 0.3) is 0 Å². The molecule has 0 radical (unpaired) electrons. The summed E-state index contributed by atoms with van der Waals surface area (Å²) in [5.74, 6) is 0. The number of rotatable bonds is 6. The summed E-state index contributed by atoms with van der Waals surface area (Å²) in [5.41, 5.74) is 6.06. The molecule has 0 atom stereocenters. The molecule has 17 heavy (non-hydrogen) atoms. The van der Waals surface area contributed by atoms with E-state index in [2.05, 4.69) is 4.72 Å². The van der Waals surface area contributed by atoms with Crippen LogP contribution in [0.1, 0.15) is 5.56 Å². The lowest BCUT2D eigenvalue weighted by atomic mass is 10.2. The fourth-order valence-corrected chi connectivity index (χ4v) is 2.49. The number of nitrogens with two attached hydrogens (primary N) is 1. The molecule has 0 heterocycles. The first-order chi connectivity index (χ1) is 8.01. The van der Waals surface area contributed by atoms with Gasteiger partial charge in [-0.1, -0.05) is 11.6 Å². The largest absolute Gasteiger partial charge is 0.383 e. The first kappa shape index (κ1) is 14.4.